The highest BCUT2D eigenvalue weighted by molar-refractivity contribution is 5.96. The first-order chi connectivity index (χ1) is 9.04. The van der Waals surface area contributed by atoms with Crippen LogP contribution in [0.4, 0.5) is 0 Å². The minimum absolute atomic E-state index is 0.0578. The second kappa shape index (κ2) is 4.84. The van der Waals surface area contributed by atoms with Gasteiger partial charge in [-0.05, 0) is 6.92 Å². The van der Waals surface area contributed by atoms with Gasteiger partial charge in [-0.1, -0.05) is 5.21 Å². The van der Waals surface area contributed by atoms with Crippen LogP contribution in [0.3, 0.4) is 0 Å². The third-order valence-corrected chi connectivity index (χ3v) is 2.23. The van der Waals surface area contributed by atoms with Crippen LogP contribution in [-0.2, 0) is 16.1 Å². The van der Waals surface area contributed by atoms with Gasteiger partial charge in [0.15, 0.2) is 11.3 Å². The van der Waals surface area contributed by atoms with Crippen molar-refractivity contribution >= 4 is 17.5 Å². The molecule has 0 saturated carbocycles. The Labute approximate surface area is 105 Å². The van der Waals surface area contributed by atoms with Gasteiger partial charge in [-0.25, -0.2) is 14.2 Å². The first kappa shape index (κ1) is 12.7. The van der Waals surface area contributed by atoms with Crippen LogP contribution in [0.5, 0.6) is 0 Å². The number of imidazole rings is 1. The minimum Gasteiger partial charge on any atom is -0.465 e. The number of fused-ring (bicyclic) bond motifs is 1. The molecule has 0 spiro atoms. The average Bonchev–Trinajstić information content (AvgIpc) is 2.77. The van der Waals surface area contributed by atoms with Gasteiger partial charge in [0.25, 0.3) is 5.91 Å². The summed E-state index contributed by atoms with van der Waals surface area (Å²) in [5, 5.41) is 7.17. The van der Waals surface area contributed by atoms with E-state index in [4.69, 9.17) is 10.5 Å². The summed E-state index contributed by atoms with van der Waals surface area (Å²) in [6.45, 7) is 1.46. The molecule has 0 bridgehead atoms. The van der Waals surface area contributed by atoms with Crippen molar-refractivity contribution in [3.8, 4) is 0 Å². The lowest BCUT2D eigenvalue weighted by Crippen LogP contribution is -2.33. The lowest BCUT2D eigenvalue weighted by molar-refractivity contribution is -0.144. The summed E-state index contributed by atoms with van der Waals surface area (Å²) in [4.78, 5) is 37.9. The van der Waals surface area contributed by atoms with Crippen LogP contribution in [0, 0.1) is 0 Å². The highest BCUT2D eigenvalue weighted by atomic mass is 16.5. The Hall–Kier alpha value is -2.78. The van der Waals surface area contributed by atoms with Crippen LogP contribution >= 0.6 is 0 Å². The average molecular weight is 266 g/mol. The Kier molecular flexibility index (Phi) is 3.23. The summed E-state index contributed by atoms with van der Waals surface area (Å²) in [6.07, 6.45) is 1.09. The zero-order chi connectivity index (χ0) is 14.0. The van der Waals surface area contributed by atoms with Crippen LogP contribution in [0.1, 0.15) is 17.4 Å². The topological polar surface area (TPSA) is 134 Å². The van der Waals surface area contributed by atoms with Crippen molar-refractivity contribution in [1.82, 2.24) is 24.4 Å². The number of esters is 1. The van der Waals surface area contributed by atoms with Crippen molar-refractivity contribution in [1.29, 1.82) is 0 Å². The predicted molar refractivity (Wildman–Crippen MR) is 60.2 cm³/mol. The Morgan fingerprint density at radius 1 is 1.47 bits per heavy atom. The highest BCUT2D eigenvalue weighted by Gasteiger charge is 2.16. The quantitative estimate of drug-likeness (QED) is 0.629. The molecule has 0 fully saturated rings. The monoisotopic (exact) mass is 266 g/mol. The van der Waals surface area contributed by atoms with Crippen LogP contribution in [0.15, 0.2) is 11.1 Å². The molecule has 0 unspecified atom stereocenters. The molecule has 10 heteroatoms. The van der Waals surface area contributed by atoms with Crippen LogP contribution in [0.25, 0.3) is 5.65 Å². The highest BCUT2D eigenvalue weighted by Crippen LogP contribution is 2.00. The molecule has 2 rings (SSSR count). The molecule has 2 aromatic rings. The molecule has 19 heavy (non-hydrogen) atoms. The first-order valence-corrected chi connectivity index (χ1v) is 5.31. The predicted octanol–water partition coefficient (Wildman–Crippen LogP) is -2.05. The van der Waals surface area contributed by atoms with Crippen molar-refractivity contribution in [2.24, 2.45) is 5.73 Å². The zero-order valence-electron chi connectivity index (χ0n) is 9.94. The van der Waals surface area contributed by atoms with E-state index in [1.807, 2.05) is 0 Å². The van der Waals surface area contributed by atoms with Crippen LogP contribution in [0.2, 0.25) is 0 Å². The SMILES string of the molecule is CCOC(=O)Cn1nnc2c(C(N)=O)ncn2c1=O. The third kappa shape index (κ3) is 2.27. The van der Waals surface area contributed by atoms with Crippen LogP contribution < -0.4 is 11.4 Å². The number of hydrogen-bond donors (Lipinski definition) is 1. The maximum atomic E-state index is 11.9. The van der Waals surface area contributed by atoms with Gasteiger partial charge in [0.1, 0.15) is 12.9 Å². The summed E-state index contributed by atoms with van der Waals surface area (Å²) < 4.78 is 6.47. The molecule has 2 heterocycles. The standard InChI is InChI=1S/C9H10N6O4/c1-2-19-5(16)3-15-9(18)14-4-11-6(7(10)17)8(14)12-13-15/h4H,2-3H2,1H3,(H2,10,17). The van der Waals surface area contributed by atoms with E-state index in [0.717, 1.165) is 15.4 Å². The molecule has 0 aromatic carbocycles. The number of aromatic nitrogens is 5. The summed E-state index contributed by atoms with van der Waals surface area (Å²) in [7, 11) is 0. The number of nitrogens with two attached hydrogens (primary N) is 1. The number of nitrogens with zero attached hydrogens (tertiary/aromatic N) is 5. The fourth-order valence-corrected chi connectivity index (χ4v) is 1.44. The molecule has 1 amide bonds. The van der Waals surface area contributed by atoms with Gasteiger partial charge >= 0.3 is 11.7 Å². The lowest BCUT2D eigenvalue weighted by Gasteiger charge is -2.03. The van der Waals surface area contributed by atoms with Gasteiger partial charge in [-0.15, -0.1) is 5.10 Å². The molecule has 0 aliphatic heterocycles. The fourth-order valence-electron chi connectivity index (χ4n) is 1.44. The van der Waals surface area contributed by atoms with E-state index in [-0.39, 0.29) is 24.5 Å². The molecule has 100 valence electrons. The van der Waals surface area contributed by atoms with E-state index >= 15 is 0 Å². The number of ether oxygens (including phenoxy) is 1. The van der Waals surface area contributed by atoms with E-state index in [2.05, 4.69) is 15.3 Å². The normalized spacial score (nSPS) is 10.6. The van der Waals surface area contributed by atoms with Gasteiger partial charge in [0.05, 0.1) is 6.61 Å². The molecule has 0 saturated heterocycles. The molecule has 0 aliphatic carbocycles. The minimum atomic E-state index is -0.820. The number of rotatable bonds is 4. The molecule has 0 atom stereocenters. The van der Waals surface area contributed by atoms with Crippen molar-refractivity contribution in [3.05, 3.63) is 22.5 Å². The maximum Gasteiger partial charge on any atom is 0.353 e. The van der Waals surface area contributed by atoms with Gasteiger partial charge in [-0.3, -0.25) is 9.59 Å². The van der Waals surface area contributed by atoms with E-state index in [1.54, 1.807) is 6.92 Å². The lowest BCUT2D eigenvalue weighted by atomic mass is 10.4. The Balaban J connectivity index is 2.45. The summed E-state index contributed by atoms with van der Waals surface area (Å²) in [5.74, 6) is -1.44. The first-order valence-electron chi connectivity index (χ1n) is 5.31. The van der Waals surface area contributed by atoms with Gasteiger partial charge in [0, 0.05) is 0 Å². The van der Waals surface area contributed by atoms with E-state index < -0.39 is 17.6 Å². The molecular formula is C9H10N6O4. The largest absolute Gasteiger partial charge is 0.465 e. The smallest absolute Gasteiger partial charge is 0.353 e. The summed E-state index contributed by atoms with van der Waals surface area (Å²) in [5.41, 5.74) is 4.18. The summed E-state index contributed by atoms with van der Waals surface area (Å²) in [6, 6.07) is 0. The molecule has 2 aromatic heterocycles. The number of carbonyl (C=O) groups is 2. The van der Waals surface area contributed by atoms with E-state index in [1.165, 1.54) is 0 Å². The molecular weight excluding hydrogens is 256 g/mol. The van der Waals surface area contributed by atoms with Gasteiger partial charge < -0.3 is 10.5 Å². The Bertz CT molecular complexity index is 702. The van der Waals surface area contributed by atoms with Gasteiger partial charge in [0.2, 0.25) is 0 Å². The van der Waals surface area contributed by atoms with Crippen molar-refractivity contribution in [2.45, 2.75) is 13.5 Å². The number of carbonyl (C=O) groups excluding carboxylic acids is 2. The third-order valence-electron chi connectivity index (χ3n) is 2.23. The molecule has 2 N–H and O–H groups in total. The summed E-state index contributed by atoms with van der Waals surface area (Å²) >= 11 is 0. The Morgan fingerprint density at radius 3 is 2.84 bits per heavy atom. The number of amides is 1. The molecule has 0 radical (unpaired) electrons. The second-order valence-electron chi connectivity index (χ2n) is 3.49. The van der Waals surface area contributed by atoms with Crippen LogP contribution in [-0.4, -0.2) is 42.9 Å². The molecule has 0 aliphatic rings. The maximum absolute atomic E-state index is 11.9. The zero-order valence-corrected chi connectivity index (χ0v) is 9.94. The van der Waals surface area contributed by atoms with Crippen molar-refractivity contribution in [2.75, 3.05) is 6.61 Å². The van der Waals surface area contributed by atoms with E-state index in [0.29, 0.717) is 0 Å². The Morgan fingerprint density at radius 2 is 2.21 bits per heavy atom. The number of hydrogen-bond acceptors (Lipinski definition) is 7. The van der Waals surface area contributed by atoms with Crippen molar-refractivity contribution in [3.63, 3.8) is 0 Å². The number of primary amides is 1. The van der Waals surface area contributed by atoms with E-state index in [9.17, 15) is 14.4 Å². The van der Waals surface area contributed by atoms with Gasteiger partial charge in [-0.2, -0.15) is 4.68 Å². The molecule has 10 nitrogen and oxygen atoms in total. The van der Waals surface area contributed by atoms with Crippen molar-refractivity contribution < 1.29 is 14.3 Å². The fraction of sp³-hybridized carbons (Fsp3) is 0.333. The second-order valence-corrected chi connectivity index (χ2v) is 3.49.